The Hall–Kier alpha value is -2.27. The maximum Gasteiger partial charge on any atom is 0.327 e. The molecule has 4 N–H and O–H groups in total. The summed E-state index contributed by atoms with van der Waals surface area (Å²) in [6.07, 6.45) is 1.90. The molecule has 2 rings (SSSR count). The number of nitrogens with zero attached hydrogens (tertiary/aromatic N) is 4. The first-order chi connectivity index (χ1) is 10.1. The Morgan fingerprint density at radius 3 is 3.00 bits per heavy atom. The summed E-state index contributed by atoms with van der Waals surface area (Å²) < 4.78 is 6.19. The Balaban J connectivity index is 2.25. The molecule has 1 aromatic heterocycles. The van der Waals surface area contributed by atoms with E-state index in [4.69, 9.17) is 16.2 Å². The molecular formula is C13H20N6O2. The van der Waals surface area contributed by atoms with E-state index in [1.54, 1.807) is 6.92 Å². The summed E-state index contributed by atoms with van der Waals surface area (Å²) in [6.45, 7) is 3.32. The minimum absolute atomic E-state index is 0.0572. The van der Waals surface area contributed by atoms with Gasteiger partial charge in [0, 0.05) is 19.1 Å². The van der Waals surface area contributed by atoms with E-state index in [1.165, 1.54) is 4.68 Å². The summed E-state index contributed by atoms with van der Waals surface area (Å²) in [6, 6.07) is 2.12. The highest BCUT2D eigenvalue weighted by molar-refractivity contribution is 5.72. The number of piperidine rings is 1. The summed E-state index contributed by atoms with van der Waals surface area (Å²) >= 11 is 0. The van der Waals surface area contributed by atoms with Crippen molar-refractivity contribution in [2.45, 2.75) is 32.4 Å². The molecule has 0 bridgehead atoms. The van der Waals surface area contributed by atoms with E-state index in [0.717, 1.165) is 19.4 Å². The Morgan fingerprint density at radius 1 is 1.62 bits per heavy atom. The van der Waals surface area contributed by atoms with E-state index in [9.17, 15) is 10.1 Å². The molecule has 1 unspecified atom stereocenters. The first kappa shape index (κ1) is 15.1. The highest BCUT2D eigenvalue weighted by Gasteiger charge is 2.25. The van der Waals surface area contributed by atoms with Gasteiger partial charge in [-0.3, -0.25) is 4.79 Å². The SMILES string of the molecule is CCOC(=O)Cn1nc(N2CCCC(N)C2)c(C#N)c1N. The van der Waals surface area contributed by atoms with Gasteiger partial charge in [-0.05, 0) is 19.8 Å². The van der Waals surface area contributed by atoms with E-state index in [1.807, 2.05) is 4.90 Å². The molecule has 1 aromatic rings. The number of hydrogen-bond donors (Lipinski definition) is 2. The number of esters is 1. The number of hydrogen-bond acceptors (Lipinski definition) is 7. The van der Waals surface area contributed by atoms with Gasteiger partial charge in [-0.15, -0.1) is 0 Å². The molecule has 21 heavy (non-hydrogen) atoms. The van der Waals surface area contributed by atoms with Gasteiger partial charge < -0.3 is 21.1 Å². The zero-order valence-corrected chi connectivity index (χ0v) is 12.1. The molecule has 2 heterocycles. The van der Waals surface area contributed by atoms with Crippen LogP contribution >= 0.6 is 0 Å². The van der Waals surface area contributed by atoms with E-state index >= 15 is 0 Å². The highest BCUT2D eigenvalue weighted by atomic mass is 16.5. The zero-order valence-electron chi connectivity index (χ0n) is 12.1. The van der Waals surface area contributed by atoms with Crippen LogP contribution in [0, 0.1) is 11.3 Å². The molecule has 1 atom stereocenters. The second-order valence-corrected chi connectivity index (χ2v) is 5.01. The Kier molecular flexibility index (Phi) is 4.65. The number of nitrogen functional groups attached to an aromatic ring is 1. The summed E-state index contributed by atoms with van der Waals surface area (Å²) in [4.78, 5) is 13.5. The predicted octanol–water partition coefficient (Wildman–Crippen LogP) is -0.172. The molecule has 8 nitrogen and oxygen atoms in total. The van der Waals surface area contributed by atoms with Gasteiger partial charge in [0.25, 0.3) is 0 Å². The number of anilines is 2. The average Bonchev–Trinajstić information content (AvgIpc) is 2.75. The third-order valence-corrected chi connectivity index (χ3v) is 3.43. The summed E-state index contributed by atoms with van der Waals surface area (Å²) in [5.74, 6) is 0.243. The molecule has 8 heteroatoms. The number of nitrogens with two attached hydrogens (primary N) is 2. The average molecular weight is 292 g/mol. The second kappa shape index (κ2) is 6.45. The molecule has 0 saturated carbocycles. The molecule has 0 spiro atoms. The Labute approximate surface area is 123 Å². The van der Waals surface area contributed by atoms with Gasteiger partial charge >= 0.3 is 5.97 Å². The predicted molar refractivity (Wildman–Crippen MR) is 77.4 cm³/mol. The normalized spacial score (nSPS) is 18.3. The van der Waals surface area contributed by atoms with Crippen molar-refractivity contribution in [2.75, 3.05) is 30.3 Å². The number of rotatable bonds is 4. The zero-order chi connectivity index (χ0) is 15.4. The van der Waals surface area contributed by atoms with Crippen LogP contribution in [0.25, 0.3) is 0 Å². The van der Waals surface area contributed by atoms with Crippen molar-refractivity contribution in [3.8, 4) is 6.07 Å². The topological polar surface area (TPSA) is 123 Å². The van der Waals surface area contributed by atoms with Crippen molar-refractivity contribution in [1.29, 1.82) is 5.26 Å². The maximum atomic E-state index is 11.5. The molecule has 0 amide bonds. The highest BCUT2D eigenvalue weighted by Crippen LogP contribution is 2.26. The largest absolute Gasteiger partial charge is 0.465 e. The van der Waals surface area contributed by atoms with Gasteiger partial charge in [-0.1, -0.05) is 0 Å². The molecular weight excluding hydrogens is 272 g/mol. The van der Waals surface area contributed by atoms with Crippen LogP contribution < -0.4 is 16.4 Å². The fraction of sp³-hybridized carbons (Fsp3) is 0.615. The lowest BCUT2D eigenvalue weighted by Gasteiger charge is -2.30. The van der Waals surface area contributed by atoms with Crippen LogP contribution in [0.3, 0.4) is 0 Å². The van der Waals surface area contributed by atoms with Crippen molar-refractivity contribution in [1.82, 2.24) is 9.78 Å². The van der Waals surface area contributed by atoms with Gasteiger partial charge in [0.2, 0.25) is 0 Å². The number of carbonyl (C=O) groups is 1. The lowest BCUT2D eigenvalue weighted by atomic mass is 10.1. The minimum Gasteiger partial charge on any atom is -0.465 e. The minimum atomic E-state index is -0.432. The van der Waals surface area contributed by atoms with Crippen molar-refractivity contribution >= 4 is 17.6 Å². The lowest BCUT2D eigenvalue weighted by molar-refractivity contribution is -0.143. The van der Waals surface area contributed by atoms with Crippen LogP contribution in [-0.4, -0.2) is 41.5 Å². The van der Waals surface area contributed by atoms with Crippen LogP contribution in [0.4, 0.5) is 11.6 Å². The second-order valence-electron chi connectivity index (χ2n) is 5.01. The monoisotopic (exact) mass is 292 g/mol. The van der Waals surface area contributed by atoms with Gasteiger partial charge in [0.15, 0.2) is 5.82 Å². The molecule has 114 valence electrons. The Bertz CT molecular complexity index is 562. The molecule has 0 radical (unpaired) electrons. The fourth-order valence-electron chi connectivity index (χ4n) is 2.44. The van der Waals surface area contributed by atoms with E-state index in [2.05, 4.69) is 11.2 Å². The van der Waals surface area contributed by atoms with Gasteiger partial charge in [-0.2, -0.15) is 10.4 Å². The summed E-state index contributed by atoms with van der Waals surface area (Å²) in [5.41, 5.74) is 12.2. The summed E-state index contributed by atoms with van der Waals surface area (Å²) in [7, 11) is 0. The van der Waals surface area contributed by atoms with Crippen molar-refractivity contribution < 1.29 is 9.53 Å². The molecule has 1 fully saturated rings. The number of ether oxygens (including phenoxy) is 1. The van der Waals surface area contributed by atoms with Crippen LogP contribution in [0.15, 0.2) is 0 Å². The van der Waals surface area contributed by atoms with Crippen LogP contribution in [0.5, 0.6) is 0 Å². The van der Waals surface area contributed by atoms with Gasteiger partial charge in [0.05, 0.1) is 6.61 Å². The molecule has 1 saturated heterocycles. The number of carbonyl (C=O) groups excluding carboxylic acids is 1. The quantitative estimate of drug-likeness (QED) is 0.738. The molecule has 1 aliphatic heterocycles. The number of aromatic nitrogens is 2. The van der Waals surface area contributed by atoms with E-state index < -0.39 is 5.97 Å². The standard InChI is InChI=1S/C13H20N6O2/c1-2-21-11(20)8-19-12(16)10(6-14)13(17-19)18-5-3-4-9(15)7-18/h9H,2-5,7-8,15-16H2,1H3. The number of nitriles is 1. The first-order valence-corrected chi connectivity index (χ1v) is 6.99. The fourth-order valence-corrected chi connectivity index (χ4v) is 2.44. The lowest BCUT2D eigenvalue weighted by Crippen LogP contribution is -2.43. The van der Waals surface area contributed by atoms with Crippen LogP contribution in [0.2, 0.25) is 0 Å². The molecule has 1 aliphatic rings. The van der Waals surface area contributed by atoms with E-state index in [-0.39, 0.29) is 24.0 Å². The van der Waals surface area contributed by atoms with Crippen molar-refractivity contribution in [3.63, 3.8) is 0 Å². The summed E-state index contributed by atoms with van der Waals surface area (Å²) in [5, 5.41) is 13.6. The first-order valence-electron chi connectivity index (χ1n) is 6.99. The maximum absolute atomic E-state index is 11.5. The van der Waals surface area contributed by atoms with Crippen LogP contribution in [-0.2, 0) is 16.1 Å². The molecule has 0 aliphatic carbocycles. The van der Waals surface area contributed by atoms with Gasteiger partial charge in [-0.25, -0.2) is 4.68 Å². The smallest absolute Gasteiger partial charge is 0.327 e. The van der Waals surface area contributed by atoms with E-state index in [0.29, 0.717) is 19.0 Å². The van der Waals surface area contributed by atoms with Crippen molar-refractivity contribution in [2.24, 2.45) is 5.73 Å². The Morgan fingerprint density at radius 2 is 2.38 bits per heavy atom. The van der Waals surface area contributed by atoms with Gasteiger partial charge in [0.1, 0.15) is 24.0 Å². The third kappa shape index (κ3) is 3.25. The third-order valence-electron chi connectivity index (χ3n) is 3.43. The van der Waals surface area contributed by atoms with Crippen molar-refractivity contribution in [3.05, 3.63) is 5.56 Å². The molecule has 0 aromatic carbocycles. The van der Waals surface area contributed by atoms with Crippen LogP contribution in [0.1, 0.15) is 25.3 Å².